The highest BCUT2D eigenvalue weighted by atomic mass is 35.5. The Bertz CT molecular complexity index is 1010. The van der Waals surface area contributed by atoms with E-state index in [2.05, 4.69) is 10.6 Å². The maximum absolute atomic E-state index is 13.0. The Labute approximate surface area is 162 Å². The zero-order valence-corrected chi connectivity index (χ0v) is 15.4. The van der Waals surface area contributed by atoms with Gasteiger partial charge in [0.2, 0.25) is 5.91 Å². The molecule has 2 amide bonds. The fourth-order valence-corrected chi connectivity index (χ4v) is 3.87. The lowest BCUT2D eigenvalue weighted by molar-refractivity contribution is -0.119. The molecule has 4 nitrogen and oxygen atoms in total. The predicted molar refractivity (Wildman–Crippen MR) is 107 cm³/mol. The van der Waals surface area contributed by atoms with E-state index in [0.717, 1.165) is 21.9 Å². The van der Waals surface area contributed by atoms with E-state index in [9.17, 15) is 9.59 Å². The molecule has 0 radical (unpaired) electrons. The van der Waals surface area contributed by atoms with Crippen LogP contribution in [0.4, 0.5) is 0 Å². The molecule has 1 aliphatic rings. The number of alkyl halides is 1. The van der Waals surface area contributed by atoms with Gasteiger partial charge in [-0.05, 0) is 34.4 Å². The molecular weight excluding hydrogens is 360 g/mol. The van der Waals surface area contributed by atoms with Crippen LogP contribution < -0.4 is 10.6 Å². The molecule has 0 heterocycles. The Kier molecular flexibility index (Phi) is 4.82. The second-order valence-electron chi connectivity index (χ2n) is 6.69. The standard InChI is InChI=1S/C22H19ClN2O2/c23-13-20(26)25-21-17-10-4-2-7-15(17)12-19(21)24-22(27)18-11-5-8-14-6-1-3-9-16(14)18/h1-11,19,21H,12-13H2,(H,24,27)(H,25,26)/t19-,21-/m1/s1. The number of rotatable bonds is 4. The number of hydrogen-bond donors (Lipinski definition) is 2. The Morgan fingerprint density at radius 3 is 2.52 bits per heavy atom. The molecule has 5 heteroatoms. The third-order valence-corrected chi connectivity index (χ3v) is 5.26. The van der Waals surface area contributed by atoms with Gasteiger partial charge in [-0.3, -0.25) is 9.59 Å². The normalized spacial score (nSPS) is 18.1. The summed E-state index contributed by atoms with van der Waals surface area (Å²) in [7, 11) is 0. The molecule has 0 saturated heterocycles. The van der Waals surface area contributed by atoms with Crippen molar-refractivity contribution in [3.63, 3.8) is 0 Å². The van der Waals surface area contributed by atoms with Crippen molar-refractivity contribution in [1.82, 2.24) is 10.6 Å². The summed E-state index contributed by atoms with van der Waals surface area (Å²) in [6.07, 6.45) is 0.667. The molecule has 4 rings (SSSR count). The number of amides is 2. The van der Waals surface area contributed by atoms with E-state index in [1.807, 2.05) is 66.7 Å². The smallest absolute Gasteiger partial charge is 0.252 e. The summed E-state index contributed by atoms with van der Waals surface area (Å²) in [6.45, 7) is 0. The van der Waals surface area contributed by atoms with E-state index in [1.165, 1.54) is 0 Å². The summed E-state index contributed by atoms with van der Waals surface area (Å²) < 4.78 is 0. The molecule has 0 bridgehead atoms. The van der Waals surface area contributed by atoms with Gasteiger partial charge in [-0.2, -0.15) is 0 Å². The van der Waals surface area contributed by atoms with Gasteiger partial charge in [0.25, 0.3) is 5.91 Å². The average Bonchev–Trinajstić information content (AvgIpc) is 3.04. The Morgan fingerprint density at radius 1 is 0.926 bits per heavy atom. The van der Waals surface area contributed by atoms with Crippen LogP contribution in [0.5, 0.6) is 0 Å². The summed E-state index contributed by atoms with van der Waals surface area (Å²) in [4.78, 5) is 24.9. The van der Waals surface area contributed by atoms with E-state index in [0.29, 0.717) is 12.0 Å². The minimum Gasteiger partial charge on any atom is -0.347 e. The van der Waals surface area contributed by atoms with Gasteiger partial charge in [-0.1, -0.05) is 60.7 Å². The van der Waals surface area contributed by atoms with Crippen LogP contribution in [0.25, 0.3) is 10.8 Å². The highest BCUT2D eigenvalue weighted by Gasteiger charge is 2.34. The van der Waals surface area contributed by atoms with Crippen molar-refractivity contribution in [3.8, 4) is 0 Å². The van der Waals surface area contributed by atoms with Gasteiger partial charge in [0.15, 0.2) is 0 Å². The van der Waals surface area contributed by atoms with Gasteiger partial charge in [0, 0.05) is 5.56 Å². The Balaban J connectivity index is 1.62. The van der Waals surface area contributed by atoms with Crippen LogP contribution in [-0.4, -0.2) is 23.7 Å². The molecule has 3 aromatic rings. The second-order valence-corrected chi connectivity index (χ2v) is 6.96. The zero-order chi connectivity index (χ0) is 18.8. The van der Waals surface area contributed by atoms with Gasteiger partial charge in [0.1, 0.15) is 5.88 Å². The molecule has 0 aliphatic heterocycles. The second kappa shape index (κ2) is 7.41. The Morgan fingerprint density at radius 2 is 1.67 bits per heavy atom. The first-order chi connectivity index (χ1) is 13.2. The van der Waals surface area contributed by atoms with E-state index in [4.69, 9.17) is 11.6 Å². The van der Waals surface area contributed by atoms with Crippen LogP contribution in [0.1, 0.15) is 27.5 Å². The summed E-state index contributed by atoms with van der Waals surface area (Å²) in [5, 5.41) is 7.99. The molecule has 2 N–H and O–H groups in total. The first-order valence-electron chi connectivity index (χ1n) is 8.89. The van der Waals surface area contributed by atoms with Crippen LogP contribution in [-0.2, 0) is 11.2 Å². The summed E-state index contributed by atoms with van der Waals surface area (Å²) in [6, 6.07) is 20.9. The highest BCUT2D eigenvalue weighted by molar-refractivity contribution is 6.27. The average molecular weight is 379 g/mol. The lowest BCUT2D eigenvalue weighted by atomic mass is 10.0. The van der Waals surface area contributed by atoms with E-state index in [1.54, 1.807) is 0 Å². The molecular formula is C22H19ClN2O2. The van der Waals surface area contributed by atoms with E-state index in [-0.39, 0.29) is 29.8 Å². The summed E-state index contributed by atoms with van der Waals surface area (Å²) in [5.41, 5.74) is 2.78. The predicted octanol–water partition coefficient (Wildman–Crippen LogP) is 3.59. The molecule has 1 aliphatic carbocycles. The number of nitrogens with one attached hydrogen (secondary N) is 2. The number of hydrogen-bond acceptors (Lipinski definition) is 2. The molecule has 0 unspecified atom stereocenters. The molecule has 136 valence electrons. The number of halogens is 1. The molecule has 2 atom stereocenters. The SMILES string of the molecule is O=C(CCl)N[C@@H]1c2ccccc2C[C@H]1NC(=O)c1cccc2ccccc12. The minimum atomic E-state index is -0.286. The van der Waals surface area contributed by atoms with Crippen molar-refractivity contribution in [2.45, 2.75) is 18.5 Å². The van der Waals surface area contributed by atoms with Gasteiger partial charge < -0.3 is 10.6 Å². The van der Waals surface area contributed by atoms with Crippen LogP contribution in [0.3, 0.4) is 0 Å². The number of carbonyl (C=O) groups excluding carboxylic acids is 2. The first-order valence-corrected chi connectivity index (χ1v) is 9.42. The quantitative estimate of drug-likeness (QED) is 0.681. The zero-order valence-electron chi connectivity index (χ0n) is 14.6. The van der Waals surface area contributed by atoms with Gasteiger partial charge >= 0.3 is 0 Å². The van der Waals surface area contributed by atoms with Crippen molar-refractivity contribution in [2.75, 3.05) is 5.88 Å². The van der Waals surface area contributed by atoms with E-state index >= 15 is 0 Å². The third-order valence-electron chi connectivity index (χ3n) is 5.02. The maximum atomic E-state index is 13.0. The fraction of sp³-hybridized carbons (Fsp3) is 0.182. The highest BCUT2D eigenvalue weighted by Crippen LogP contribution is 2.32. The number of benzene rings is 3. The van der Waals surface area contributed by atoms with Crippen LogP contribution in [0.2, 0.25) is 0 Å². The largest absolute Gasteiger partial charge is 0.347 e. The monoisotopic (exact) mass is 378 g/mol. The van der Waals surface area contributed by atoms with Crippen LogP contribution >= 0.6 is 11.6 Å². The summed E-state index contributed by atoms with van der Waals surface area (Å²) in [5.74, 6) is -0.500. The molecule has 27 heavy (non-hydrogen) atoms. The van der Waals surface area contributed by atoms with Gasteiger partial charge in [0.05, 0.1) is 12.1 Å². The van der Waals surface area contributed by atoms with Crippen LogP contribution in [0.15, 0.2) is 66.7 Å². The van der Waals surface area contributed by atoms with Gasteiger partial charge in [-0.15, -0.1) is 11.6 Å². The minimum absolute atomic E-state index is 0.108. The first kappa shape index (κ1) is 17.6. The van der Waals surface area contributed by atoms with Crippen molar-refractivity contribution >= 4 is 34.2 Å². The molecule has 0 aromatic heterocycles. The topological polar surface area (TPSA) is 58.2 Å². The lowest BCUT2D eigenvalue weighted by Gasteiger charge is -2.23. The fourth-order valence-electron chi connectivity index (χ4n) is 3.79. The maximum Gasteiger partial charge on any atom is 0.252 e. The van der Waals surface area contributed by atoms with Crippen molar-refractivity contribution in [2.24, 2.45) is 0 Å². The van der Waals surface area contributed by atoms with Crippen LogP contribution in [0, 0.1) is 0 Å². The van der Waals surface area contributed by atoms with Crippen molar-refractivity contribution < 1.29 is 9.59 Å². The number of carbonyl (C=O) groups is 2. The van der Waals surface area contributed by atoms with Crippen molar-refractivity contribution in [3.05, 3.63) is 83.4 Å². The van der Waals surface area contributed by atoms with Crippen molar-refractivity contribution in [1.29, 1.82) is 0 Å². The molecule has 3 aromatic carbocycles. The molecule has 0 fully saturated rings. The lowest BCUT2D eigenvalue weighted by Crippen LogP contribution is -2.44. The number of fused-ring (bicyclic) bond motifs is 2. The van der Waals surface area contributed by atoms with Gasteiger partial charge in [-0.25, -0.2) is 0 Å². The molecule has 0 saturated carbocycles. The third kappa shape index (κ3) is 3.40. The Hall–Kier alpha value is -2.85. The summed E-state index contributed by atoms with van der Waals surface area (Å²) >= 11 is 5.67. The molecule has 0 spiro atoms. The van der Waals surface area contributed by atoms with E-state index < -0.39 is 0 Å².